The van der Waals surface area contributed by atoms with Crippen molar-refractivity contribution < 1.29 is 30.3 Å². The van der Waals surface area contributed by atoms with Crippen molar-refractivity contribution in [3.05, 3.63) is 88.0 Å². The van der Waals surface area contributed by atoms with E-state index in [0.717, 1.165) is 99.1 Å². The molecule has 0 spiro atoms. The molecule has 2 aromatic rings. The van der Waals surface area contributed by atoms with Crippen LogP contribution in [0.25, 0.3) is 16.9 Å². The fourth-order valence-electron chi connectivity index (χ4n) is 9.27. The molecule has 0 fully saturated rings. The average molecular weight is 1080 g/mol. The third-order valence-electron chi connectivity index (χ3n) is 13.9. The molecule has 1 aliphatic rings. The van der Waals surface area contributed by atoms with E-state index in [1.54, 1.807) is 0 Å². The monoisotopic (exact) mass is 1080 g/mol. The van der Waals surface area contributed by atoms with Crippen LogP contribution in [0.2, 0.25) is 0 Å². The molecule has 72 heavy (non-hydrogen) atoms. The molecule has 4 nitrogen and oxygen atoms in total. The van der Waals surface area contributed by atoms with E-state index < -0.39 is 0 Å². The van der Waals surface area contributed by atoms with E-state index in [1.807, 2.05) is 0 Å². The molecule has 0 bridgehead atoms. The Hall–Kier alpha value is -2.78. The molecule has 0 unspecified atom stereocenters. The molecule has 1 heterocycles. The summed E-state index contributed by atoms with van der Waals surface area (Å²) in [5.74, 6) is 14.0. The number of nitrogens with zero attached hydrogens (tertiary/aromatic N) is 2. The number of unbranched alkanes of at least 4 members (excludes halogenated alkanes) is 32. The topological polar surface area (TPSA) is 43.8 Å². The van der Waals surface area contributed by atoms with Crippen molar-refractivity contribution in [2.45, 2.75) is 291 Å². The van der Waals surface area contributed by atoms with Gasteiger partial charge in [-0.15, -0.1) is 11.8 Å². The molecule has 0 N–H and O–H groups in total. The van der Waals surface area contributed by atoms with Gasteiger partial charge in [0.05, 0.1) is 5.56 Å². The summed E-state index contributed by atoms with van der Waals surface area (Å²) in [6.07, 6.45) is 53.6. The van der Waals surface area contributed by atoms with Crippen LogP contribution in [0, 0.1) is 23.7 Å². The van der Waals surface area contributed by atoms with Crippen molar-refractivity contribution in [1.82, 2.24) is 0 Å². The van der Waals surface area contributed by atoms with E-state index in [4.69, 9.17) is 6.92 Å². The van der Waals surface area contributed by atoms with Crippen molar-refractivity contribution in [2.75, 3.05) is 13.2 Å². The molecular formula is C67H108N2O2Pd. The van der Waals surface area contributed by atoms with Crippen molar-refractivity contribution in [2.24, 2.45) is 0 Å². The Labute approximate surface area is 455 Å². The second kappa shape index (κ2) is 49.1. The second-order valence-corrected chi connectivity index (χ2v) is 21.8. The standard InChI is InChI=1S/C59H90N2.2C4H9O.Pd/c1-4-7-10-12-14-16-18-20-22-23-24-25-26-27-28-30-31-33-35-37-39-46-54-47-41-42-50-57(54)59-56(48-40-38-36-34-32-29-21-19-17-15-13-11-8-5-2)52-58(61(59)60)55-49-43-45-53(51-55)44-9-6-3;2*1-2-3-4-5;/h41-43,45,47,49-52H,4-32,34,36-39,44,46H2,1-3H3;2*2-4H2,1H3;/q;2*-1;+2. The summed E-state index contributed by atoms with van der Waals surface area (Å²) < 4.78 is 11.9. The van der Waals surface area contributed by atoms with Gasteiger partial charge in [0.25, 0.3) is 0 Å². The molecule has 0 radical (unpaired) electrons. The maximum absolute atomic E-state index is 11.9. The van der Waals surface area contributed by atoms with Gasteiger partial charge in [-0.25, -0.2) is 4.70 Å². The fraction of sp³-hybridized carbons (Fsp3) is 0.701. The SMILES string of the molecule is CCCCCCCCCCCCCCC#CC1=C(c2ccccc2CCCC#CCCCCCCCCCCCCCCCCCC)[N+](=[N-])C(c2cccc(CCCC)c2)=C1.CCCC[O][Pd][O]CCCC. The molecule has 0 amide bonds. The summed E-state index contributed by atoms with van der Waals surface area (Å²) >= 11 is 0.0757. The second-order valence-electron chi connectivity index (χ2n) is 20.6. The van der Waals surface area contributed by atoms with E-state index in [9.17, 15) is 5.53 Å². The third-order valence-corrected chi connectivity index (χ3v) is 14.9. The van der Waals surface area contributed by atoms with E-state index >= 15 is 0 Å². The summed E-state index contributed by atoms with van der Waals surface area (Å²) in [5.41, 5.74) is 19.1. The Morgan fingerprint density at radius 2 is 0.889 bits per heavy atom. The molecule has 5 heteroatoms. The average Bonchev–Trinajstić information content (AvgIpc) is 3.73. The Kier molecular flexibility index (Phi) is 44.6. The van der Waals surface area contributed by atoms with E-state index in [2.05, 4.69) is 113 Å². The molecule has 408 valence electrons. The van der Waals surface area contributed by atoms with E-state index in [0.29, 0.717) is 0 Å². The van der Waals surface area contributed by atoms with Crippen LogP contribution in [0.15, 0.2) is 60.2 Å². The Balaban J connectivity index is 0.00000143. The predicted molar refractivity (Wildman–Crippen MR) is 310 cm³/mol. The van der Waals surface area contributed by atoms with Crippen LogP contribution in [-0.4, -0.2) is 17.9 Å². The summed E-state index contributed by atoms with van der Waals surface area (Å²) in [7, 11) is 0. The molecular weight excluding hydrogens is 971 g/mol. The maximum atomic E-state index is 11.9. The van der Waals surface area contributed by atoms with Gasteiger partial charge < -0.3 is 5.53 Å². The van der Waals surface area contributed by atoms with Crippen molar-refractivity contribution in [1.29, 1.82) is 0 Å². The first-order valence-electron chi connectivity index (χ1n) is 30.5. The van der Waals surface area contributed by atoms with Gasteiger partial charge in [-0.2, -0.15) is 0 Å². The quantitative estimate of drug-likeness (QED) is 0.0287. The minimum absolute atomic E-state index is 0.0757. The van der Waals surface area contributed by atoms with Crippen LogP contribution in [0.5, 0.6) is 0 Å². The van der Waals surface area contributed by atoms with Crippen molar-refractivity contribution in [3.8, 4) is 23.7 Å². The molecule has 0 saturated heterocycles. The van der Waals surface area contributed by atoms with Crippen LogP contribution >= 0.6 is 0 Å². The van der Waals surface area contributed by atoms with Crippen molar-refractivity contribution >= 4 is 11.4 Å². The van der Waals surface area contributed by atoms with Gasteiger partial charge in [0.15, 0.2) is 0 Å². The fourth-order valence-corrected chi connectivity index (χ4v) is 10.1. The van der Waals surface area contributed by atoms with Crippen LogP contribution < -0.4 is 0 Å². The van der Waals surface area contributed by atoms with Crippen molar-refractivity contribution in [3.63, 3.8) is 0 Å². The van der Waals surface area contributed by atoms with Crippen LogP contribution in [0.1, 0.15) is 301 Å². The Bertz CT molecular complexity index is 1800. The molecule has 2 aromatic carbocycles. The van der Waals surface area contributed by atoms with Gasteiger partial charge in [0.1, 0.15) is 5.57 Å². The zero-order valence-electron chi connectivity index (χ0n) is 47.4. The summed E-state index contributed by atoms with van der Waals surface area (Å²) in [6.45, 7) is 12.9. The van der Waals surface area contributed by atoms with Gasteiger partial charge in [0.2, 0.25) is 11.4 Å². The normalized spacial score (nSPS) is 12.1. The molecule has 3 rings (SSSR count). The van der Waals surface area contributed by atoms with Crippen LogP contribution in [-0.2, 0) is 38.5 Å². The van der Waals surface area contributed by atoms with Crippen LogP contribution in [0.3, 0.4) is 0 Å². The van der Waals surface area contributed by atoms with Crippen LogP contribution in [0.4, 0.5) is 0 Å². The zero-order chi connectivity index (χ0) is 51.6. The van der Waals surface area contributed by atoms with E-state index in [-0.39, 0.29) is 18.7 Å². The molecule has 0 saturated carbocycles. The molecule has 1 aliphatic heterocycles. The Morgan fingerprint density at radius 1 is 0.444 bits per heavy atom. The van der Waals surface area contributed by atoms with Gasteiger partial charge in [-0.05, 0) is 67.9 Å². The molecule has 0 aliphatic carbocycles. The number of allylic oxidation sites excluding steroid dienone is 2. The van der Waals surface area contributed by atoms with Gasteiger partial charge in [-0.1, -0.05) is 236 Å². The molecule has 0 atom stereocenters. The third kappa shape index (κ3) is 33.9. The predicted octanol–water partition coefficient (Wildman–Crippen LogP) is 21.4. The van der Waals surface area contributed by atoms with Gasteiger partial charge in [-0.3, -0.25) is 0 Å². The van der Waals surface area contributed by atoms with Gasteiger partial charge >= 0.3 is 78.4 Å². The number of rotatable bonds is 44. The first kappa shape index (κ1) is 65.3. The van der Waals surface area contributed by atoms with Gasteiger partial charge in [0, 0.05) is 30.9 Å². The van der Waals surface area contributed by atoms with E-state index in [1.165, 1.54) is 215 Å². The first-order valence-corrected chi connectivity index (χ1v) is 31.8. The minimum atomic E-state index is 0.0757. The summed E-state index contributed by atoms with van der Waals surface area (Å²) in [4.78, 5) is 0. The first-order chi connectivity index (χ1) is 35.6. The number of aryl methyl sites for hydroxylation is 2. The zero-order valence-corrected chi connectivity index (χ0v) is 49.0. The Morgan fingerprint density at radius 3 is 1.39 bits per heavy atom. The summed E-state index contributed by atoms with van der Waals surface area (Å²) in [6, 6.07) is 17.3. The summed E-state index contributed by atoms with van der Waals surface area (Å²) in [5, 5.41) is 0. The number of benzene rings is 2. The number of hydrogen-bond donors (Lipinski definition) is 0. The molecule has 0 aromatic heterocycles. The number of hydrogen-bond acceptors (Lipinski definition) is 2.